The number of halogens is 4. The van der Waals surface area contributed by atoms with Gasteiger partial charge in [-0.25, -0.2) is 4.39 Å². The van der Waals surface area contributed by atoms with Gasteiger partial charge in [0.05, 0.1) is 4.47 Å². The van der Waals surface area contributed by atoms with Crippen LogP contribution in [0.5, 0.6) is 11.5 Å². The summed E-state index contributed by atoms with van der Waals surface area (Å²) in [5, 5.41) is 0. The third-order valence-electron chi connectivity index (χ3n) is 3.24. The van der Waals surface area contributed by atoms with Crippen molar-refractivity contribution in [1.29, 1.82) is 0 Å². The Kier molecular flexibility index (Phi) is 6.69. The Balaban J connectivity index is 1.87. The van der Waals surface area contributed by atoms with E-state index in [1.165, 1.54) is 35.2 Å². The summed E-state index contributed by atoms with van der Waals surface area (Å²) in [5.41, 5.74) is 0.750. The van der Waals surface area contributed by atoms with Gasteiger partial charge in [-0.05, 0) is 51.8 Å². The Morgan fingerprint density at radius 1 is 1.20 bits per heavy atom. The van der Waals surface area contributed by atoms with Gasteiger partial charge in [-0.1, -0.05) is 12.1 Å². The lowest BCUT2D eigenvalue weighted by molar-refractivity contribution is -0.132. The van der Waals surface area contributed by atoms with E-state index in [0.29, 0.717) is 10.2 Å². The molecule has 0 heterocycles. The van der Waals surface area contributed by atoms with Crippen LogP contribution in [-0.4, -0.2) is 31.1 Å². The van der Waals surface area contributed by atoms with E-state index < -0.39 is 12.4 Å². The first kappa shape index (κ1) is 19.1. The number of carbonyl (C=O) groups excluding carboxylic acids is 1. The van der Waals surface area contributed by atoms with E-state index in [-0.39, 0.29) is 24.8 Å². The molecular weight excluding hydrogens is 403 g/mol. The Morgan fingerprint density at radius 3 is 2.48 bits per heavy atom. The predicted molar refractivity (Wildman–Crippen MR) is 89.1 cm³/mol. The third kappa shape index (κ3) is 5.97. The van der Waals surface area contributed by atoms with Crippen molar-refractivity contribution in [1.82, 2.24) is 4.90 Å². The summed E-state index contributed by atoms with van der Waals surface area (Å²) in [6.07, 6.45) is 0. The van der Waals surface area contributed by atoms with Gasteiger partial charge in [0.25, 0.3) is 5.91 Å². The average molecular weight is 418 g/mol. The van der Waals surface area contributed by atoms with E-state index in [0.717, 1.165) is 5.56 Å². The Bertz CT molecular complexity index is 726. The second-order valence-corrected chi connectivity index (χ2v) is 5.99. The largest absolute Gasteiger partial charge is 0.483 e. The maximum Gasteiger partial charge on any atom is 0.387 e. The maximum atomic E-state index is 13.0. The minimum absolute atomic E-state index is 0.0530. The van der Waals surface area contributed by atoms with Crippen molar-refractivity contribution >= 4 is 21.8 Å². The maximum absolute atomic E-state index is 13.0. The van der Waals surface area contributed by atoms with Gasteiger partial charge < -0.3 is 14.4 Å². The molecule has 0 saturated heterocycles. The second kappa shape index (κ2) is 8.75. The van der Waals surface area contributed by atoms with Gasteiger partial charge >= 0.3 is 6.61 Å². The number of hydrogen-bond donors (Lipinski definition) is 0. The van der Waals surface area contributed by atoms with Crippen LogP contribution in [0, 0.1) is 5.82 Å². The summed E-state index contributed by atoms with van der Waals surface area (Å²) in [5.74, 6) is -0.292. The van der Waals surface area contributed by atoms with Crippen LogP contribution in [0.25, 0.3) is 0 Å². The van der Waals surface area contributed by atoms with Crippen molar-refractivity contribution in [3.63, 3.8) is 0 Å². The van der Waals surface area contributed by atoms with Gasteiger partial charge in [-0.3, -0.25) is 4.79 Å². The number of amides is 1. The smallest absolute Gasteiger partial charge is 0.387 e. The summed E-state index contributed by atoms with van der Waals surface area (Å²) in [6.45, 7) is -2.81. The molecule has 0 spiro atoms. The van der Waals surface area contributed by atoms with E-state index in [4.69, 9.17) is 4.74 Å². The molecule has 0 radical (unpaired) electrons. The number of hydrogen-bond acceptors (Lipinski definition) is 3. The number of likely N-dealkylation sites (N-methyl/N-ethyl adjacent to an activating group) is 1. The van der Waals surface area contributed by atoms with Crippen molar-refractivity contribution in [3.8, 4) is 11.5 Å². The van der Waals surface area contributed by atoms with Crippen molar-refractivity contribution < 1.29 is 27.4 Å². The monoisotopic (exact) mass is 417 g/mol. The predicted octanol–water partition coefficient (Wildman–Crippen LogP) is 4.23. The van der Waals surface area contributed by atoms with Gasteiger partial charge in [-0.15, -0.1) is 0 Å². The molecule has 0 aromatic heterocycles. The lowest BCUT2D eigenvalue weighted by Gasteiger charge is -2.18. The van der Waals surface area contributed by atoms with E-state index in [9.17, 15) is 18.0 Å². The van der Waals surface area contributed by atoms with Crippen LogP contribution in [-0.2, 0) is 11.3 Å². The molecule has 2 rings (SSSR count). The van der Waals surface area contributed by atoms with Crippen molar-refractivity contribution in [2.75, 3.05) is 13.7 Å². The van der Waals surface area contributed by atoms with Crippen molar-refractivity contribution in [2.45, 2.75) is 13.2 Å². The van der Waals surface area contributed by atoms with E-state index in [1.807, 2.05) is 0 Å². The van der Waals surface area contributed by atoms with Crippen LogP contribution in [0.1, 0.15) is 5.56 Å². The summed E-state index contributed by atoms with van der Waals surface area (Å²) >= 11 is 3.16. The third-order valence-corrected chi connectivity index (χ3v) is 3.86. The quantitative estimate of drug-likeness (QED) is 0.676. The highest BCUT2D eigenvalue weighted by Gasteiger charge is 2.12. The lowest BCUT2D eigenvalue weighted by atomic mass is 10.2. The molecule has 1 amide bonds. The number of carbonyl (C=O) groups is 1. The molecule has 2 aromatic rings. The molecule has 2 aromatic carbocycles. The zero-order chi connectivity index (χ0) is 18.4. The number of nitrogens with zero attached hydrogens (tertiary/aromatic N) is 1. The lowest BCUT2D eigenvalue weighted by Crippen LogP contribution is -2.31. The molecule has 8 heteroatoms. The highest BCUT2D eigenvalue weighted by atomic mass is 79.9. The summed E-state index contributed by atoms with van der Waals surface area (Å²) in [6, 6.07) is 9.91. The standard InChI is InChI=1S/C17H15BrF3NO3/c1-22(9-11-2-5-13(6-3-11)25-17(20)21)16(23)10-24-15-7-4-12(19)8-14(15)18/h2-8,17H,9-10H2,1H3. The molecule has 0 saturated carbocycles. The summed E-state index contributed by atoms with van der Waals surface area (Å²) in [7, 11) is 1.59. The molecule has 0 aliphatic carbocycles. The summed E-state index contributed by atoms with van der Waals surface area (Å²) < 4.78 is 47.2. The van der Waals surface area contributed by atoms with Gasteiger partial charge in [0.1, 0.15) is 17.3 Å². The van der Waals surface area contributed by atoms with E-state index >= 15 is 0 Å². The van der Waals surface area contributed by atoms with E-state index in [1.54, 1.807) is 19.2 Å². The van der Waals surface area contributed by atoms with Crippen LogP contribution >= 0.6 is 15.9 Å². The van der Waals surface area contributed by atoms with Crippen molar-refractivity contribution in [2.24, 2.45) is 0 Å². The molecule has 0 atom stereocenters. The minimum Gasteiger partial charge on any atom is -0.483 e. The molecule has 0 unspecified atom stereocenters. The fourth-order valence-electron chi connectivity index (χ4n) is 1.98. The molecule has 25 heavy (non-hydrogen) atoms. The fraction of sp³-hybridized carbons (Fsp3) is 0.235. The van der Waals surface area contributed by atoms with Gasteiger partial charge in [0.2, 0.25) is 0 Å². The highest BCUT2D eigenvalue weighted by Crippen LogP contribution is 2.25. The zero-order valence-electron chi connectivity index (χ0n) is 13.2. The highest BCUT2D eigenvalue weighted by molar-refractivity contribution is 9.10. The molecule has 0 bridgehead atoms. The molecule has 0 aliphatic heterocycles. The van der Waals surface area contributed by atoms with Crippen LogP contribution in [0.15, 0.2) is 46.9 Å². The van der Waals surface area contributed by atoms with E-state index in [2.05, 4.69) is 20.7 Å². The second-order valence-electron chi connectivity index (χ2n) is 5.14. The normalized spacial score (nSPS) is 10.6. The fourth-order valence-corrected chi connectivity index (χ4v) is 2.45. The Hall–Kier alpha value is -2.22. The van der Waals surface area contributed by atoms with Crippen LogP contribution in [0.2, 0.25) is 0 Å². The number of rotatable bonds is 7. The molecule has 0 fully saturated rings. The molecular formula is C17H15BrF3NO3. The zero-order valence-corrected chi connectivity index (χ0v) is 14.8. The first-order valence-corrected chi connectivity index (χ1v) is 8.00. The number of benzene rings is 2. The number of alkyl halides is 2. The van der Waals surface area contributed by atoms with Crippen LogP contribution in [0.3, 0.4) is 0 Å². The van der Waals surface area contributed by atoms with Crippen LogP contribution < -0.4 is 9.47 Å². The summed E-state index contributed by atoms with van der Waals surface area (Å²) in [4.78, 5) is 13.5. The van der Waals surface area contributed by atoms with Gasteiger partial charge in [0, 0.05) is 13.6 Å². The topological polar surface area (TPSA) is 38.8 Å². The number of ether oxygens (including phenoxy) is 2. The van der Waals surface area contributed by atoms with Gasteiger partial charge in [-0.2, -0.15) is 8.78 Å². The minimum atomic E-state index is -2.88. The van der Waals surface area contributed by atoms with Gasteiger partial charge in [0.15, 0.2) is 6.61 Å². The SMILES string of the molecule is CN(Cc1ccc(OC(F)F)cc1)C(=O)COc1ccc(F)cc1Br. The molecule has 0 N–H and O–H groups in total. The molecule has 4 nitrogen and oxygen atoms in total. The molecule has 134 valence electrons. The average Bonchev–Trinajstić information content (AvgIpc) is 2.55. The van der Waals surface area contributed by atoms with Crippen molar-refractivity contribution in [3.05, 3.63) is 58.3 Å². The first-order chi connectivity index (χ1) is 11.8. The van der Waals surface area contributed by atoms with Crippen LogP contribution in [0.4, 0.5) is 13.2 Å². The molecule has 0 aliphatic rings. The Morgan fingerprint density at radius 2 is 1.88 bits per heavy atom. The first-order valence-electron chi connectivity index (χ1n) is 7.20. The Labute approximate surface area is 151 Å².